The van der Waals surface area contributed by atoms with Crippen molar-refractivity contribution in [1.29, 1.82) is 0 Å². The molecule has 2 bridgehead atoms. The number of ether oxygens (including phenoxy) is 1. The summed E-state index contributed by atoms with van der Waals surface area (Å²) in [6.07, 6.45) is 7.44. The molecule has 1 saturated carbocycles. The number of likely N-dealkylation sites (tertiary alicyclic amines) is 1. The summed E-state index contributed by atoms with van der Waals surface area (Å²) in [5, 5.41) is 16.7. The Balaban J connectivity index is 1.43. The average molecular weight is 558 g/mol. The predicted octanol–water partition coefficient (Wildman–Crippen LogP) is 3.97. The van der Waals surface area contributed by atoms with Crippen LogP contribution in [0.15, 0.2) is 24.3 Å². The number of aliphatic hydroxyl groups excluding tert-OH is 1. The third-order valence-corrected chi connectivity index (χ3v) is 11.0. The largest absolute Gasteiger partial charge is 0.494 e. The first-order valence-corrected chi connectivity index (χ1v) is 15.6. The molecule has 3 N–H and O–H groups in total. The third-order valence-electron chi connectivity index (χ3n) is 9.02. The first kappa shape index (κ1) is 28.3. The van der Waals surface area contributed by atoms with Gasteiger partial charge in [-0.1, -0.05) is 33.1 Å². The fourth-order valence-electron chi connectivity index (χ4n) is 7.46. The Bertz CT molecular complexity index is 1060. The van der Waals surface area contributed by atoms with Gasteiger partial charge in [-0.15, -0.1) is 11.8 Å². The lowest BCUT2D eigenvalue weighted by atomic mass is 9.70. The highest BCUT2D eigenvalue weighted by atomic mass is 32.2. The predicted molar refractivity (Wildman–Crippen MR) is 153 cm³/mol. The number of nitrogens with zero attached hydrogens (tertiary/aromatic N) is 1. The summed E-state index contributed by atoms with van der Waals surface area (Å²) in [7, 11) is 0. The van der Waals surface area contributed by atoms with Crippen LogP contribution < -0.4 is 15.4 Å². The molecule has 3 amide bonds. The quantitative estimate of drug-likeness (QED) is 0.402. The molecule has 8 nitrogen and oxygen atoms in total. The van der Waals surface area contributed by atoms with E-state index in [9.17, 15) is 19.5 Å². The first-order chi connectivity index (χ1) is 18.8. The summed E-state index contributed by atoms with van der Waals surface area (Å²) in [5.74, 6) is -0.547. The second-order valence-electron chi connectivity index (χ2n) is 12.1. The van der Waals surface area contributed by atoms with Gasteiger partial charge in [-0.2, -0.15) is 0 Å². The van der Waals surface area contributed by atoms with Crippen LogP contribution in [0.25, 0.3) is 0 Å². The summed E-state index contributed by atoms with van der Waals surface area (Å²) in [6, 6.07) is 6.27. The monoisotopic (exact) mass is 557 g/mol. The van der Waals surface area contributed by atoms with Crippen molar-refractivity contribution >= 4 is 35.2 Å². The van der Waals surface area contributed by atoms with Gasteiger partial charge in [0.05, 0.1) is 35.8 Å². The van der Waals surface area contributed by atoms with Crippen molar-refractivity contribution in [2.75, 3.05) is 18.5 Å². The normalized spacial score (nSPS) is 30.9. The fourth-order valence-corrected chi connectivity index (χ4v) is 9.66. The number of fused-ring (bicyclic) bond motifs is 1. The summed E-state index contributed by atoms with van der Waals surface area (Å²) in [6.45, 7) is 6.42. The number of anilines is 1. The number of hydrogen-bond donors (Lipinski definition) is 3. The molecule has 1 aromatic rings. The Hall–Kier alpha value is -2.26. The van der Waals surface area contributed by atoms with Crippen LogP contribution in [0.1, 0.15) is 72.1 Å². The van der Waals surface area contributed by atoms with E-state index in [-0.39, 0.29) is 41.5 Å². The van der Waals surface area contributed by atoms with Gasteiger partial charge < -0.3 is 25.4 Å². The van der Waals surface area contributed by atoms with Crippen LogP contribution in [-0.2, 0) is 14.4 Å². The van der Waals surface area contributed by atoms with Gasteiger partial charge in [0.15, 0.2) is 0 Å². The summed E-state index contributed by atoms with van der Waals surface area (Å²) < 4.78 is 4.87. The molecule has 4 aliphatic rings. The van der Waals surface area contributed by atoms with Crippen molar-refractivity contribution < 1.29 is 24.2 Å². The van der Waals surface area contributed by atoms with E-state index in [4.69, 9.17) is 4.74 Å². The maximum atomic E-state index is 14.3. The Morgan fingerprint density at radius 2 is 1.85 bits per heavy atom. The minimum atomic E-state index is -0.675. The molecular formula is C30H43N3O5S. The second kappa shape index (κ2) is 11.7. The molecule has 0 radical (unpaired) electrons. The molecule has 1 aliphatic carbocycles. The molecular weight excluding hydrogens is 514 g/mol. The number of carbonyl (C=O) groups is 3. The SMILES string of the molecule is CCOc1ccc(NC(=O)[C@@H]2[C@H]3C(=O)N([C@@H](CO)CC(C)C)C(C(=O)NC4CCCCC4)C34CC[C@H]2S4)cc1. The van der Waals surface area contributed by atoms with E-state index < -0.39 is 28.7 Å². The Labute approximate surface area is 236 Å². The number of hydrogen-bond acceptors (Lipinski definition) is 6. The zero-order valence-electron chi connectivity index (χ0n) is 23.4. The highest BCUT2D eigenvalue weighted by molar-refractivity contribution is 8.02. The first-order valence-electron chi connectivity index (χ1n) is 14.7. The van der Waals surface area contributed by atoms with Crippen molar-refractivity contribution in [3.05, 3.63) is 24.3 Å². The summed E-state index contributed by atoms with van der Waals surface area (Å²) in [4.78, 5) is 43.7. The minimum absolute atomic E-state index is 0.00791. The van der Waals surface area contributed by atoms with Gasteiger partial charge in [-0.05, 0) is 69.2 Å². The van der Waals surface area contributed by atoms with E-state index in [1.165, 1.54) is 6.42 Å². The number of nitrogens with one attached hydrogen (secondary N) is 2. The zero-order chi connectivity index (χ0) is 27.7. The lowest BCUT2D eigenvalue weighted by molar-refractivity contribution is -0.142. The molecule has 214 valence electrons. The Morgan fingerprint density at radius 1 is 1.13 bits per heavy atom. The molecule has 2 unspecified atom stereocenters. The van der Waals surface area contributed by atoms with Crippen molar-refractivity contribution in [3.8, 4) is 5.75 Å². The minimum Gasteiger partial charge on any atom is -0.494 e. The summed E-state index contributed by atoms with van der Waals surface area (Å²) >= 11 is 1.67. The Kier molecular flexibility index (Phi) is 8.48. The molecule has 9 heteroatoms. The summed E-state index contributed by atoms with van der Waals surface area (Å²) in [5.41, 5.74) is 0.659. The van der Waals surface area contributed by atoms with Gasteiger partial charge in [0, 0.05) is 17.0 Å². The van der Waals surface area contributed by atoms with Crippen molar-refractivity contribution in [2.24, 2.45) is 17.8 Å². The van der Waals surface area contributed by atoms with Crippen LogP contribution in [0.3, 0.4) is 0 Å². The van der Waals surface area contributed by atoms with Crippen LogP contribution in [0.5, 0.6) is 5.75 Å². The molecule has 3 aliphatic heterocycles. The van der Waals surface area contributed by atoms with Gasteiger partial charge in [0.2, 0.25) is 17.7 Å². The van der Waals surface area contributed by atoms with E-state index in [0.29, 0.717) is 18.7 Å². The number of aliphatic hydroxyl groups is 1. The fraction of sp³-hybridized carbons (Fsp3) is 0.700. The molecule has 1 spiro atoms. The van der Waals surface area contributed by atoms with Crippen molar-refractivity contribution in [3.63, 3.8) is 0 Å². The highest BCUT2D eigenvalue weighted by Gasteiger charge is 2.74. The smallest absolute Gasteiger partial charge is 0.244 e. The molecule has 4 fully saturated rings. The number of thioether (sulfide) groups is 1. The van der Waals surface area contributed by atoms with E-state index in [0.717, 1.165) is 44.3 Å². The number of carbonyl (C=O) groups excluding carboxylic acids is 3. The standard InChI is InChI=1S/C30H43N3O5S/c1-4-38-22-12-10-20(11-13-22)31-27(35)24-23-14-15-30(39-23)25(24)29(37)33(21(17-34)16-18(2)3)26(30)28(36)32-19-8-6-5-7-9-19/h10-13,18-19,21,23-26,34H,4-9,14-17H2,1-3H3,(H,31,35)(H,32,36)/t21-,23-,24+,25+,26?,30?/m1/s1. The van der Waals surface area contributed by atoms with E-state index in [1.807, 2.05) is 31.2 Å². The van der Waals surface area contributed by atoms with Gasteiger partial charge in [-0.25, -0.2) is 0 Å². The Morgan fingerprint density at radius 3 is 2.49 bits per heavy atom. The molecule has 3 saturated heterocycles. The molecule has 6 atom stereocenters. The van der Waals surface area contributed by atoms with Gasteiger partial charge in [-0.3, -0.25) is 14.4 Å². The third kappa shape index (κ3) is 5.29. The lowest BCUT2D eigenvalue weighted by Crippen LogP contribution is -2.58. The van der Waals surface area contributed by atoms with Crippen LogP contribution in [0.2, 0.25) is 0 Å². The van der Waals surface area contributed by atoms with Crippen LogP contribution in [0.4, 0.5) is 5.69 Å². The van der Waals surface area contributed by atoms with E-state index >= 15 is 0 Å². The molecule has 1 aromatic carbocycles. The average Bonchev–Trinajstić information content (AvgIpc) is 3.56. The van der Waals surface area contributed by atoms with E-state index in [1.54, 1.807) is 16.7 Å². The van der Waals surface area contributed by atoms with Crippen LogP contribution in [0, 0.1) is 17.8 Å². The van der Waals surface area contributed by atoms with Crippen LogP contribution >= 0.6 is 11.8 Å². The maximum absolute atomic E-state index is 14.3. The van der Waals surface area contributed by atoms with Gasteiger partial charge >= 0.3 is 0 Å². The van der Waals surface area contributed by atoms with Crippen LogP contribution in [-0.4, -0.2) is 69.1 Å². The zero-order valence-corrected chi connectivity index (χ0v) is 24.2. The molecule has 3 heterocycles. The molecule has 39 heavy (non-hydrogen) atoms. The molecule has 5 rings (SSSR count). The second-order valence-corrected chi connectivity index (χ2v) is 13.7. The van der Waals surface area contributed by atoms with Crippen molar-refractivity contribution in [2.45, 2.75) is 100 Å². The number of rotatable bonds is 10. The number of amides is 3. The topological polar surface area (TPSA) is 108 Å². The van der Waals surface area contributed by atoms with Crippen molar-refractivity contribution in [1.82, 2.24) is 10.2 Å². The lowest BCUT2D eigenvalue weighted by Gasteiger charge is -2.38. The van der Waals surface area contributed by atoms with E-state index in [2.05, 4.69) is 24.5 Å². The highest BCUT2D eigenvalue weighted by Crippen LogP contribution is 2.66. The van der Waals surface area contributed by atoms with Gasteiger partial charge in [0.1, 0.15) is 11.8 Å². The number of benzene rings is 1. The maximum Gasteiger partial charge on any atom is 0.244 e. The molecule has 0 aromatic heterocycles. The van der Waals surface area contributed by atoms with Gasteiger partial charge in [0.25, 0.3) is 0 Å².